The van der Waals surface area contributed by atoms with Crippen LogP contribution in [0.2, 0.25) is 0 Å². The predicted octanol–water partition coefficient (Wildman–Crippen LogP) is -0.344. The number of hydrogen-bond donors (Lipinski definition) is 2. The molecule has 0 unspecified atom stereocenters. The van der Waals surface area contributed by atoms with E-state index in [-0.39, 0.29) is 13.2 Å². The molecule has 0 radical (unpaired) electrons. The third kappa shape index (κ3) is 4.08. The van der Waals surface area contributed by atoms with Gasteiger partial charge in [0.15, 0.2) is 0 Å². The van der Waals surface area contributed by atoms with Gasteiger partial charge in [-0.25, -0.2) is 9.59 Å². The van der Waals surface area contributed by atoms with Gasteiger partial charge >= 0.3 is 12.1 Å². The van der Waals surface area contributed by atoms with Crippen LogP contribution in [0.3, 0.4) is 0 Å². The first-order valence-corrected chi connectivity index (χ1v) is 4.08. The summed E-state index contributed by atoms with van der Waals surface area (Å²) in [5.41, 5.74) is -1.14. The molecule has 0 aromatic heterocycles. The van der Waals surface area contributed by atoms with E-state index in [1.54, 1.807) is 0 Å². The molecular weight excluding hydrogens is 190 g/mol. The van der Waals surface area contributed by atoms with Crippen LogP contribution in [0, 0.1) is 0 Å². The zero-order chi connectivity index (χ0) is 11.2. The lowest BCUT2D eigenvalue weighted by atomic mass is 10.1. The van der Waals surface area contributed by atoms with Crippen molar-refractivity contribution in [3.63, 3.8) is 0 Å². The summed E-state index contributed by atoms with van der Waals surface area (Å²) in [6, 6.07) is 0. The van der Waals surface area contributed by atoms with E-state index >= 15 is 0 Å². The molecule has 0 aromatic carbocycles. The molecule has 0 aromatic rings. The molecule has 0 aliphatic carbocycles. The quantitative estimate of drug-likeness (QED) is 0.613. The van der Waals surface area contributed by atoms with E-state index < -0.39 is 17.6 Å². The fraction of sp³-hybridized carbons (Fsp3) is 0.750. The molecule has 14 heavy (non-hydrogen) atoms. The molecule has 0 aliphatic heterocycles. The molecule has 0 rings (SSSR count). The number of aliphatic hydroxyl groups excluding tert-OH is 1. The van der Waals surface area contributed by atoms with Gasteiger partial charge in [-0.1, -0.05) is 0 Å². The van der Waals surface area contributed by atoms with Crippen LogP contribution in [0.25, 0.3) is 0 Å². The molecule has 1 amide bonds. The molecule has 6 nitrogen and oxygen atoms in total. The van der Waals surface area contributed by atoms with E-state index in [0.29, 0.717) is 0 Å². The molecule has 0 heterocycles. The largest absolute Gasteiger partial charge is 0.467 e. The third-order valence-electron chi connectivity index (χ3n) is 1.43. The Morgan fingerprint density at radius 1 is 1.43 bits per heavy atom. The summed E-state index contributed by atoms with van der Waals surface area (Å²) >= 11 is 0. The van der Waals surface area contributed by atoms with Gasteiger partial charge in [0.2, 0.25) is 0 Å². The molecule has 6 heteroatoms. The van der Waals surface area contributed by atoms with Gasteiger partial charge in [-0.3, -0.25) is 0 Å². The Morgan fingerprint density at radius 2 is 2.00 bits per heavy atom. The first kappa shape index (κ1) is 12.7. The highest BCUT2D eigenvalue weighted by atomic mass is 16.6. The molecular formula is C8H15NO5. The van der Waals surface area contributed by atoms with Gasteiger partial charge in [-0.05, 0) is 13.8 Å². The molecule has 2 N–H and O–H groups in total. The van der Waals surface area contributed by atoms with Crippen LogP contribution in [0.5, 0.6) is 0 Å². The summed E-state index contributed by atoms with van der Waals surface area (Å²) in [5, 5.41) is 10.7. The topological polar surface area (TPSA) is 84.9 Å². The van der Waals surface area contributed by atoms with Crippen molar-refractivity contribution in [3.8, 4) is 0 Å². The average molecular weight is 205 g/mol. The van der Waals surface area contributed by atoms with Crippen molar-refractivity contribution in [1.29, 1.82) is 0 Å². The van der Waals surface area contributed by atoms with E-state index in [9.17, 15) is 9.59 Å². The smallest absolute Gasteiger partial charge is 0.408 e. The number of esters is 1. The van der Waals surface area contributed by atoms with E-state index in [4.69, 9.17) is 5.11 Å². The Labute approximate surface area is 82.2 Å². The number of carbonyl (C=O) groups is 2. The summed E-state index contributed by atoms with van der Waals surface area (Å²) in [6.07, 6.45) is -0.769. The number of hydrogen-bond acceptors (Lipinski definition) is 5. The minimum absolute atomic E-state index is 0.108. The minimum atomic E-state index is -1.14. The predicted molar refractivity (Wildman–Crippen MR) is 47.7 cm³/mol. The second-order valence-corrected chi connectivity index (χ2v) is 3.10. The summed E-state index contributed by atoms with van der Waals surface area (Å²) in [5.74, 6) is -0.571. The van der Waals surface area contributed by atoms with Crippen molar-refractivity contribution >= 4 is 12.1 Å². The number of ether oxygens (including phenoxy) is 2. The van der Waals surface area contributed by atoms with Crippen molar-refractivity contribution in [2.45, 2.75) is 19.4 Å². The van der Waals surface area contributed by atoms with Gasteiger partial charge in [0.05, 0.1) is 13.7 Å². The van der Waals surface area contributed by atoms with Gasteiger partial charge in [0, 0.05) is 0 Å². The maximum Gasteiger partial charge on any atom is 0.408 e. The van der Waals surface area contributed by atoms with E-state index in [1.807, 2.05) is 0 Å². The van der Waals surface area contributed by atoms with Gasteiger partial charge < -0.3 is 19.9 Å². The number of methoxy groups -OCH3 is 1. The van der Waals surface area contributed by atoms with Crippen LogP contribution in [0.15, 0.2) is 0 Å². The van der Waals surface area contributed by atoms with Crippen molar-refractivity contribution in [1.82, 2.24) is 5.32 Å². The second-order valence-electron chi connectivity index (χ2n) is 3.10. The lowest BCUT2D eigenvalue weighted by molar-refractivity contribution is -0.146. The highest BCUT2D eigenvalue weighted by Gasteiger charge is 2.30. The molecule has 0 spiro atoms. The molecule has 0 atom stereocenters. The molecule has 0 bridgehead atoms. The summed E-state index contributed by atoms with van der Waals surface area (Å²) in [4.78, 5) is 22.1. The van der Waals surface area contributed by atoms with Gasteiger partial charge in [-0.2, -0.15) is 0 Å². The molecule has 82 valence electrons. The molecule has 0 aliphatic rings. The number of amides is 1. The first-order chi connectivity index (χ1) is 6.44. The van der Waals surface area contributed by atoms with Gasteiger partial charge in [0.25, 0.3) is 0 Å². The minimum Gasteiger partial charge on any atom is -0.467 e. The Hall–Kier alpha value is -1.30. The number of nitrogens with one attached hydrogen (secondary N) is 1. The van der Waals surface area contributed by atoms with Crippen LogP contribution < -0.4 is 5.32 Å². The van der Waals surface area contributed by atoms with Crippen molar-refractivity contribution in [2.24, 2.45) is 0 Å². The SMILES string of the molecule is COC(=O)C(C)(C)NC(=O)OCCO. The van der Waals surface area contributed by atoms with E-state index in [2.05, 4.69) is 14.8 Å². The standard InChI is InChI=1S/C8H15NO5/c1-8(2,6(11)13-3)9-7(12)14-5-4-10/h10H,4-5H2,1-3H3,(H,9,12). The monoisotopic (exact) mass is 205 g/mol. The highest BCUT2D eigenvalue weighted by molar-refractivity contribution is 5.84. The lowest BCUT2D eigenvalue weighted by Gasteiger charge is -2.22. The molecule has 0 saturated carbocycles. The van der Waals surface area contributed by atoms with Crippen LogP contribution in [-0.4, -0.2) is 43.0 Å². The zero-order valence-corrected chi connectivity index (χ0v) is 8.49. The maximum absolute atomic E-state index is 11.1. The number of carbonyl (C=O) groups excluding carboxylic acids is 2. The lowest BCUT2D eigenvalue weighted by Crippen LogP contribution is -2.50. The molecule has 0 saturated heterocycles. The Balaban J connectivity index is 4.08. The van der Waals surface area contributed by atoms with Gasteiger partial charge in [0.1, 0.15) is 12.1 Å². The fourth-order valence-corrected chi connectivity index (χ4v) is 0.736. The van der Waals surface area contributed by atoms with Crippen LogP contribution in [0.4, 0.5) is 4.79 Å². The Kier molecular flexibility index (Phi) is 4.93. The van der Waals surface area contributed by atoms with Crippen molar-refractivity contribution < 1.29 is 24.2 Å². The number of alkyl carbamates (subject to hydrolysis) is 1. The normalized spacial score (nSPS) is 10.6. The van der Waals surface area contributed by atoms with Crippen molar-refractivity contribution in [2.75, 3.05) is 20.3 Å². The first-order valence-electron chi connectivity index (χ1n) is 4.08. The van der Waals surface area contributed by atoms with Gasteiger partial charge in [-0.15, -0.1) is 0 Å². The van der Waals surface area contributed by atoms with E-state index in [0.717, 1.165) is 0 Å². The van der Waals surface area contributed by atoms with Crippen LogP contribution in [0.1, 0.15) is 13.8 Å². The fourth-order valence-electron chi connectivity index (χ4n) is 0.736. The third-order valence-corrected chi connectivity index (χ3v) is 1.43. The van der Waals surface area contributed by atoms with Crippen LogP contribution in [-0.2, 0) is 14.3 Å². The summed E-state index contributed by atoms with van der Waals surface area (Å²) in [6.45, 7) is 2.60. The number of rotatable bonds is 4. The summed E-state index contributed by atoms with van der Waals surface area (Å²) < 4.78 is 8.98. The Bertz CT molecular complexity index is 214. The van der Waals surface area contributed by atoms with Crippen LogP contribution >= 0.6 is 0 Å². The summed E-state index contributed by atoms with van der Waals surface area (Å²) in [7, 11) is 1.23. The van der Waals surface area contributed by atoms with E-state index in [1.165, 1.54) is 21.0 Å². The molecule has 0 fully saturated rings. The maximum atomic E-state index is 11.1. The van der Waals surface area contributed by atoms with Crippen molar-refractivity contribution in [3.05, 3.63) is 0 Å². The Morgan fingerprint density at radius 3 is 2.43 bits per heavy atom. The highest BCUT2D eigenvalue weighted by Crippen LogP contribution is 2.04. The average Bonchev–Trinajstić information content (AvgIpc) is 2.12. The number of aliphatic hydroxyl groups is 1. The zero-order valence-electron chi connectivity index (χ0n) is 8.49. The second kappa shape index (κ2) is 5.43.